The highest BCUT2D eigenvalue weighted by atomic mass is 16.5. The van der Waals surface area contributed by atoms with Crippen LogP contribution in [0.3, 0.4) is 0 Å². The van der Waals surface area contributed by atoms with Crippen molar-refractivity contribution >= 4 is 23.3 Å². The van der Waals surface area contributed by atoms with Crippen LogP contribution in [0.2, 0.25) is 0 Å². The van der Waals surface area contributed by atoms with Crippen LogP contribution < -0.4 is 10.2 Å². The second kappa shape index (κ2) is 8.30. The van der Waals surface area contributed by atoms with E-state index in [1.807, 2.05) is 67.6 Å². The summed E-state index contributed by atoms with van der Waals surface area (Å²) < 4.78 is 5.49. The minimum atomic E-state index is -0.749. The lowest BCUT2D eigenvalue weighted by atomic mass is 9.99. The summed E-state index contributed by atoms with van der Waals surface area (Å²) in [5.74, 6) is 0.828. The lowest BCUT2D eigenvalue weighted by molar-refractivity contribution is 0.130. The largest absolute Gasteiger partial charge is 0.445 e. The van der Waals surface area contributed by atoms with Crippen molar-refractivity contribution < 1.29 is 9.53 Å². The molecular formula is C26H24N4O2. The van der Waals surface area contributed by atoms with Crippen LogP contribution in [-0.4, -0.2) is 36.4 Å². The molecule has 2 aliphatic rings. The van der Waals surface area contributed by atoms with E-state index < -0.39 is 11.8 Å². The summed E-state index contributed by atoms with van der Waals surface area (Å²) in [4.78, 5) is 24.4. The summed E-state index contributed by atoms with van der Waals surface area (Å²) in [5, 5.41) is 3.05. The number of carbonyl (C=O) groups is 1. The molecule has 0 fully saturated rings. The van der Waals surface area contributed by atoms with E-state index in [0.717, 1.165) is 33.9 Å². The molecule has 0 bridgehead atoms. The number of hydrogen-bond donors (Lipinski definition) is 1. The van der Waals surface area contributed by atoms with E-state index in [4.69, 9.17) is 14.7 Å². The van der Waals surface area contributed by atoms with E-state index in [1.54, 1.807) is 0 Å². The van der Waals surface area contributed by atoms with Crippen LogP contribution >= 0.6 is 0 Å². The highest BCUT2D eigenvalue weighted by Crippen LogP contribution is 2.34. The number of alkyl carbamates (subject to hydrolysis) is 1. The third kappa shape index (κ3) is 3.75. The molecule has 0 saturated carbocycles. The number of carbonyl (C=O) groups excluding carboxylic acids is 1. The fourth-order valence-electron chi connectivity index (χ4n) is 4.22. The van der Waals surface area contributed by atoms with Gasteiger partial charge in [-0.15, -0.1) is 0 Å². The zero-order chi connectivity index (χ0) is 22.0. The van der Waals surface area contributed by atoms with Crippen LogP contribution in [0.5, 0.6) is 0 Å². The molecule has 6 heteroatoms. The van der Waals surface area contributed by atoms with Gasteiger partial charge in [0.25, 0.3) is 0 Å². The Morgan fingerprint density at radius 2 is 1.66 bits per heavy atom. The maximum Gasteiger partial charge on any atom is 0.409 e. The van der Waals surface area contributed by atoms with Crippen molar-refractivity contribution in [3.05, 3.63) is 102 Å². The molecule has 160 valence electrons. The smallest absolute Gasteiger partial charge is 0.409 e. The zero-order valence-electron chi connectivity index (χ0n) is 17.9. The van der Waals surface area contributed by atoms with Crippen molar-refractivity contribution in [2.75, 3.05) is 18.0 Å². The van der Waals surface area contributed by atoms with Gasteiger partial charge in [0, 0.05) is 11.1 Å². The molecule has 2 heterocycles. The molecule has 1 atom stereocenters. The van der Waals surface area contributed by atoms with E-state index in [0.29, 0.717) is 13.1 Å². The highest BCUT2D eigenvalue weighted by Gasteiger charge is 2.43. The standard InChI is InChI=1S/C26H24N4O2/c1-26(29-25(31)32-17-19-10-4-2-5-11-19)18-28-23-16-27-24(20-12-6-3-7-13-20)21-14-8-9-15-22(21)30(23)26/h2-15H,16-18H2,1H3,(H,29,31). The van der Waals surface area contributed by atoms with Gasteiger partial charge in [-0.3, -0.25) is 15.3 Å². The Bertz CT molecular complexity index is 1190. The Morgan fingerprint density at radius 1 is 0.969 bits per heavy atom. The van der Waals surface area contributed by atoms with Gasteiger partial charge in [0.1, 0.15) is 18.1 Å². The number of nitrogens with zero attached hydrogens (tertiary/aromatic N) is 3. The average Bonchev–Trinajstić information content (AvgIpc) is 3.04. The summed E-state index contributed by atoms with van der Waals surface area (Å²) in [7, 11) is 0. The van der Waals surface area contributed by atoms with Gasteiger partial charge in [-0.05, 0) is 18.6 Å². The predicted octanol–water partition coefficient (Wildman–Crippen LogP) is 4.40. The number of hydrogen-bond acceptors (Lipinski definition) is 5. The van der Waals surface area contributed by atoms with E-state index in [9.17, 15) is 4.79 Å². The first-order chi connectivity index (χ1) is 15.6. The van der Waals surface area contributed by atoms with Crippen molar-refractivity contribution in [3.63, 3.8) is 0 Å². The Hall–Kier alpha value is -3.93. The van der Waals surface area contributed by atoms with Crippen LogP contribution in [0.1, 0.15) is 23.6 Å². The van der Waals surface area contributed by atoms with Crippen LogP contribution in [0.4, 0.5) is 10.5 Å². The summed E-state index contributed by atoms with van der Waals surface area (Å²) in [6, 6.07) is 27.9. The molecule has 0 saturated heterocycles. The molecule has 0 radical (unpaired) electrons. The second-order valence-electron chi connectivity index (χ2n) is 8.08. The highest BCUT2D eigenvalue weighted by molar-refractivity contribution is 6.20. The van der Waals surface area contributed by atoms with Gasteiger partial charge in [0.05, 0.1) is 24.5 Å². The summed E-state index contributed by atoms with van der Waals surface area (Å²) in [5.41, 5.74) is 4.15. The first-order valence-corrected chi connectivity index (χ1v) is 10.7. The number of fused-ring (bicyclic) bond motifs is 3. The van der Waals surface area contributed by atoms with Gasteiger partial charge in [0.2, 0.25) is 0 Å². The van der Waals surface area contributed by atoms with Crippen LogP contribution in [-0.2, 0) is 11.3 Å². The summed E-state index contributed by atoms with van der Waals surface area (Å²) in [6.07, 6.45) is -0.473. The summed E-state index contributed by atoms with van der Waals surface area (Å²) >= 11 is 0. The topological polar surface area (TPSA) is 66.3 Å². The van der Waals surface area contributed by atoms with Gasteiger partial charge in [0.15, 0.2) is 0 Å². The van der Waals surface area contributed by atoms with Crippen molar-refractivity contribution in [1.82, 2.24) is 5.32 Å². The van der Waals surface area contributed by atoms with E-state index in [1.165, 1.54) is 0 Å². The number of amidine groups is 1. The number of aliphatic imine (C=N–C) groups is 2. The average molecular weight is 425 g/mol. The Balaban J connectivity index is 1.42. The monoisotopic (exact) mass is 424 g/mol. The molecule has 2 aliphatic heterocycles. The maximum absolute atomic E-state index is 12.7. The van der Waals surface area contributed by atoms with Gasteiger partial charge in [-0.25, -0.2) is 4.79 Å². The molecule has 1 amide bonds. The van der Waals surface area contributed by atoms with Crippen LogP contribution in [0.15, 0.2) is 94.9 Å². The molecular weight excluding hydrogens is 400 g/mol. The number of nitrogens with one attached hydrogen (secondary N) is 1. The quantitative estimate of drug-likeness (QED) is 0.675. The van der Waals surface area contributed by atoms with Gasteiger partial charge in [-0.2, -0.15) is 0 Å². The zero-order valence-corrected chi connectivity index (χ0v) is 17.9. The van der Waals surface area contributed by atoms with Crippen molar-refractivity contribution in [2.24, 2.45) is 9.98 Å². The first-order valence-electron chi connectivity index (χ1n) is 10.7. The van der Waals surface area contributed by atoms with Crippen molar-refractivity contribution in [2.45, 2.75) is 19.2 Å². The van der Waals surface area contributed by atoms with Crippen LogP contribution in [0, 0.1) is 0 Å². The SMILES string of the molecule is CC1(NC(=O)OCc2ccccc2)CN=C2CN=C(c3ccccc3)c3ccccc3N21. The van der Waals surface area contributed by atoms with Crippen molar-refractivity contribution in [1.29, 1.82) is 0 Å². The lowest BCUT2D eigenvalue weighted by Crippen LogP contribution is -2.60. The normalized spacial score (nSPS) is 19.2. The molecule has 0 aromatic heterocycles. The Morgan fingerprint density at radius 3 is 2.44 bits per heavy atom. The fourth-order valence-corrected chi connectivity index (χ4v) is 4.22. The number of anilines is 1. The number of para-hydroxylation sites is 1. The van der Waals surface area contributed by atoms with E-state index in [2.05, 4.69) is 34.5 Å². The van der Waals surface area contributed by atoms with Gasteiger partial charge >= 0.3 is 6.09 Å². The first kappa shape index (κ1) is 20.0. The molecule has 3 aromatic rings. The lowest BCUT2D eigenvalue weighted by Gasteiger charge is -2.37. The molecule has 1 N–H and O–H groups in total. The number of rotatable bonds is 4. The maximum atomic E-state index is 12.7. The van der Waals surface area contributed by atoms with Gasteiger partial charge in [-0.1, -0.05) is 78.9 Å². The molecule has 0 spiro atoms. The predicted molar refractivity (Wildman–Crippen MR) is 126 cm³/mol. The third-order valence-corrected chi connectivity index (χ3v) is 5.73. The minimum Gasteiger partial charge on any atom is -0.445 e. The number of benzene rings is 3. The third-order valence-electron chi connectivity index (χ3n) is 5.73. The Labute approximate surface area is 187 Å². The molecule has 32 heavy (non-hydrogen) atoms. The van der Waals surface area contributed by atoms with E-state index >= 15 is 0 Å². The van der Waals surface area contributed by atoms with E-state index in [-0.39, 0.29) is 6.61 Å². The van der Waals surface area contributed by atoms with Gasteiger partial charge < -0.3 is 9.64 Å². The molecule has 6 nitrogen and oxygen atoms in total. The molecule has 1 unspecified atom stereocenters. The number of amides is 1. The fraction of sp³-hybridized carbons (Fsp3) is 0.192. The van der Waals surface area contributed by atoms with Crippen molar-refractivity contribution in [3.8, 4) is 0 Å². The Kier molecular flexibility index (Phi) is 5.19. The minimum absolute atomic E-state index is 0.217. The second-order valence-corrected chi connectivity index (χ2v) is 8.08. The molecule has 5 rings (SSSR count). The van der Waals surface area contributed by atoms with Crippen LogP contribution in [0.25, 0.3) is 0 Å². The molecule has 0 aliphatic carbocycles. The summed E-state index contributed by atoms with van der Waals surface area (Å²) in [6.45, 7) is 3.05. The molecule has 3 aromatic carbocycles. The number of ether oxygens (including phenoxy) is 1.